The lowest BCUT2D eigenvalue weighted by atomic mass is 10.0. The van der Waals surface area contributed by atoms with Crippen LogP contribution in [0.3, 0.4) is 0 Å². The fraction of sp³-hybridized carbons (Fsp3) is 0.471. The van der Waals surface area contributed by atoms with Crippen LogP contribution in [0.25, 0.3) is 0 Å². The Morgan fingerprint density at radius 1 is 1.27 bits per heavy atom. The summed E-state index contributed by atoms with van der Waals surface area (Å²) in [6.45, 7) is -1.62. The number of carbonyl (C=O) groups excluding carboxylic acids is 3. The standard InChI is InChI=1S/C17H19F4N3O6/c1-16(29,14(27)22-7-17(19,20)21)15(28)24-12-11(4-5-25)30-10-3-2-8(18)6-9(10)23-13(12)26/h2-3,6,11-12,25,29H,4-5,7H2,1H3,(H,22,27)(H,23,26)(H,24,28)/t11-,12+,16+/m1/s1. The van der Waals surface area contributed by atoms with Crippen molar-refractivity contribution >= 4 is 23.4 Å². The molecule has 30 heavy (non-hydrogen) atoms. The van der Waals surface area contributed by atoms with Gasteiger partial charge in [0.2, 0.25) is 5.60 Å². The van der Waals surface area contributed by atoms with Gasteiger partial charge in [0, 0.05) is 19.1 Å². The van der Waals surface area contributed by atoms with Crippen LogP contribution in [0.1, 0.15) is 13.3 Å². The van der Waals surface area contributed by atoms with Crippen LogP contribution in [-0.2, 0) is 14.4 Å². The van der Waals surface area contributed by atoms with Crippen molar-refractivity contribution in [1.82, 2.24) is 10.6 Å². The van der Waals surface area contributed by atoms with Gasteiger partial charge in [-0.2, -0.15) is 13.2 Å². The molecule has 166 valence electrons. The SMILES string of the molecule is C[C@](O)(C(=O)NCC(F)(F)F)C(=O)N[C@@H]1C(=O)Nc2cc(F)ccc2O[C@@H]1CCO. The number of hydrogen-bond donors (Lipinski definition) is 5. The molecule has 0 aromatic heterocycles. The highest BCUT2D eigenvalue weighted by atomic mass is 19.4. The van der Waals surface area contributed by atoms with Gasteiger partial charge < -0.3 is 30.9 Å². The minimum atomic E-state index is -4.77. The number of benzene rings is 1. The summed E-state index contributed by atoms with van der Waals surface area (Å²) in [6, 6.07) is 1.64. The third-order valence-electron chi connectivity index (χ3n) is 4.17. The average Bonchev–Trinajstić information content (AvgIpc) is 2.76. The predicted molar refractivity (Wildman–Crippen MR) is 92.8 cm³/mol. The number of rotatable bonds is 6. The number of carbonyl (C=O) groups is 3. The van der Waals surface area contributed by atoms with Crippen LogP contribution in [0, 0.1) is 5.82 Å². The number of aliphatic hydroxyl groups excluding tert-OH is 1. The molecule has 3 atom stereocenters. The second kappa shape index (κ2) is 8.83. The summed E-state index contributed by atoms with van der Waals surface area (Å²) < 4.78 is 55.7. The molecule has 13 heteroatoms. The highest BCUT2D eigenvalue weighted by Gasteiger charge is 2.44. The van der Waals surface area contributed by atoms with E-state index in [2.05, 4.69) is 5.32 Å². The molecule has 2 rings (SSSR count). The van der Waals surface area contributed by atoms with E-state index in [0.717, 1.165) is 12.1 Å². The van der Waals surface area contributed by atoms with Gasteiger partial charge in [-0.15, -0.1) is 0 Å². The lowest BCUT2D eigenvalue weighted by molar-refractivity contribution is -0.158. The minimum absolute atomic E-state index is 0.0367. The fourth-order valence-corrected chi connectivity index (χ4v) is 2.56. The highest BCUT2D eigenvalue weighted by Crippen LogP contribution is 2.30. The molecule has 0 aliphatic carbocycles. The van der Waals surface area contributed by atoms with E-state index in [1.54, 1.807) is 0 Å². The third kappa shape index (κ3) is 5.57. The maximum absolute atomic E-state index is 13.4. The molecule has 0 saturated carbocycles. The Hall–Kier alpha value is -2.93. The Bertz CT molecular complexity index is 830. The number of fused-ring (bicyclic) bond motifs is 1. The van der Waals surface area contributed by atoms with Crippen molar-refractivity contribution < 1.29 is 46.9 Å². The van der Waals surface area contributed by atoms with Gasteiger partial charge in [-0.05, 0) is 19.1 Å². The Kier molecular flexibility index (Phi) is 6.87. The first-order chi connectivity index (χ1) is 13.8. The normalized spacial score (nSPS) is 20.7. The monoisotopic (exact) mass is 437 g/mol. The van der Waals surface area contributed by atoms with Gasteiger partial charge in [-0.1, -0.05) is 0 Å². The summed E-state index contributed by atoms with van der Waals surface area (Å²) in [5.41, 5.74) is -3.02. The molecule has 1 heterocycles. The molecule has 0 fully saturated rings. The summed E-state index contributed by atoms with van der Waals surface area (Å²) in [5.74, 6) is -4.70. The summed E-state index contributed by atoms with van der Waals surface area (Å²) in [5, 5.41) is 25.0. The van der Waals surface area contributed by atoms with Gasteiger partial charge in [0.05, 0.1) is 5.69 Å². The third-order valence-corrected chi connectivity index (χ3v) is 4.17. The molecule has 5 N–H and O–H groups in total. The zero-order valence-electron chi connectivity index (χ0n) is 15.5. The van der Waals surface area contributed by atoms with Crippen LogP contribution in [-0.4, -0.2) is 65.0 Å². The lowest BCUT2D eigenvalue weighted by Crippen LogP contribution is -2.61. The highest BCUT2D eigenvalue weighted by molar-refractivity contribution is 6.09. The first-order valence-electron chi connectivity index (χ1n) is 8.61. The van der Waals surface area contributed by atoms with Crippen LogP contribution in [0.15, 0.2) is 18.2 Å². The zero-order valence-corrected chi connectivity index (χ0v) is 15.5. The molecule has 1 aromatic rings. The van der Waals surface area contributed by atoms with E-state index in [9.17, 15) is 42.2 Å². The molecule has 1 aliphatic heterocycles. The molecule has 0 radical (unpaired) electrons. The van der Waals surface area contributed by atoms with Gasteiger partial charge in [0.25, 0.3) is 17.7 Å². The number of halogens is 4. The van der Waals surface area contributed by atoms with Crippen LogP contribution in [0.4, 0.5) is 23.2 Å². The molecule has 1 aliphatic rings. The van der Waals surface area contributed by atoms with Crippen LogP contribution < -0.4 is 20.7 Å². The number of ether oxygens (including phenoxy) is 1. The van der Waals surface area contributed by atoms with E-state index in [-0.39, 0.29) is 17.9 Å². The second-order valence-corrected chi connectivity index (χ2v) is 6.62. The largest absolute Gasteiger partial charge is 0.485 e. The van der Waals surface area contributed by atoms with Crippen molar-refractivity contribution in [2.24, 2.45) is 0 Å². The van der Waals surface area contributed by atoms with Crippen molar-refractivity contribution in [3.8, 4) is 5.75 Å². The number of hydrogen-bond acceptors (Lipinski definition) is 6. The van der Waals surface area contributed by atoms with E-state index in [0.29, 0.717) is 6.92 Å². The molecule has 0 bridgehead atoms. The molecule has 0 unspecified atom stereocenters. The zero-order chi connectivity index (χ0) is 22.7. The summed E-state index contributed by atoms with van der Waals surface area (Å²) >= 11 is 0. The van der Waals surface area contributed by atoms with E-state index >= 15 is 0 Å². The number of nitrogens with one attached hydrogen (secondary N) is 3. The summed E-state index contributed by atoms with van der Waals surface area (Å²) in [7, 11) is 0. The summed E-state index contributed by atoms with van der Waals surface area (Å²) in [6.07, 6.45) is -6.15. The first-order valence-corrected chi connectivity index (χ1v) is 8.61. The number of amides is 3. The Morgan fingerprint density at radius 3 is 2.53 bits per heavy atom. The predicted octanol–water partition coefficient (Wildman–Crippen LogP) is -0.178. The number of anilines is 1. The smallest absolute Gasteiger partial charge is 0.405 e. The molecule has 3 amide bonds. The molecule has 0 spiro atoms. The minimum Gasteiger partial charge on any atom is -0.485 e. The van der Waals surface area contributed by atoms with Crippen molar-refractivity contribution in [3.05, 3.63) is 24.0 Å². The Morgan fingerprint density at radius 2 is 1.93 bits per heavy atom. The van der Waals surface area contributed by atoms with Crippen LogP contribution in [0.5, 0.6) is 5.75 Å². The van der Waals surface area contributed by atoms with Gasteiger partial charge in [0.1, 0.15) is 30.3 Å². The van der Waals surface area contributed by atoms with Crippen LogP contribution >= 0.6 is 0 Å². The van der Waals surface area contributed by atoms with Gasteiger partial charge in [-0.3, -0.25) is 14.4 Å². The van der Waals surface area contributed by atoms with Crippen molar-refractivity contribution in [3.63, 3.8) is 0 Å². The van der Waals surface area contributed by atoms with Crippen molar-refractivity contribution in [1.29, 1.82) is 0 Å². The summed E-state index contributed by atoms with van der Waals surface area (Å²) in [4.78, 5) is 36.7. The number of aliphatic hydroxyl groups is 2. The fourth-order valence-electron chi connectivity index (χ4n) is 2.56. The Balaban J connectivity index is 2.20. The maximum Gasteiger partial charge on any atom is 0.405 e. The van der Waals surface area contributed by atoms with E-state index in [4.69, 9.17) is 4.74 Å². The van der Waals surface area contributed by atoms with E-state index in [1.165, 1.54) is 11.4 Å². The molecule has 9 nitrogen and oxygen atoms in total. The lowest BCUT2D eigenvalue weighted by Gasteiger charge is -2.28. The molecular weight excluding hydrogens is 418 g/mol. The topological polar surface area (TPSA) is 137 Å². The molecular formula is C17H19F4N3O6. The Labute approximate surface area is 167 Å². The maximum atomic E-state index is 13.4. The number of alkyl halides is 3. The van der Waals surface area contributed by atoms with Gasteiger partial charge in [0.15, 0.2) is 0 Å². The van der Waals surface area contributed by atoms with E-state index in [1.807, 2.05) is 5.32 Å². The first kappa shape index (κ1) is 23.3. The van der Waals surface area contributed by atoms with E-state index < -0.39 is 60.6 Å². The quantitative estimate of drug-likeness (QED) is 0.309. The van der Waals surface area contributed by atoms with Gasteiger partial charge in [-0.25, -0.2) is 4.39 Å². The average molecular weight is 437 g/mol. The van der Waals surface area contributed by atoms with Gasteiger partial charge >= 0.3 is 6.18 Å². The molecule has 1 aromatic carbocycles. The van der Waals surface area contributed by atoms with Crippen molar-refractivity contribution in [2.75, 3.05) is 18.5 Å². The molecule has 0 saturated heterocycles. The van der Waals surface area contributed by atoms with Crippen LogP contribution in [0.2, 0.25) is 0 Å². The second-order valence-electron chi connectivity index (χ2n) is 6.62. The van der Waals surface area contributed by atoms with Crippen molar-refractivity contribution in [2.45, 2.75) is 37.3 Å².